The molecular weight excluding hydrogens is 428 g/mol. The molecule has 2 fully saturated rings. The Labute approximate surface area is 197 Å². The second kappa shape index (κ2) is 8.91. The van der Waals surface area contributed by atoms with Gasteiger partial charge in [-0.15, -0.1) is 0 Å². The number of carbonyl (C=O) groups excluding carboxylic acids is 1. The lowest BCUT2D eigenvalue weighted by Crippen LogP contribution is -2.36. The summed E-state index contributed by atoms with van der Waals surface area (Å²) in [6, 6.07) is 20.0. The van der Waals surface area contributed by atoms with Crippen LogP contribution in [-0.2, 0) is 11.3 Å². The van der Waals surface area contributed by atoms with Crippen LogP contribution in [0.25, 0.3) is 22.4 Å². The third-order valence-electron chi connectivity index (χ3n) is 6.52. The summed E-state index contributed by atoms with van der Waals surface area (Å²) < 4.78 is 11.0. The first-order chi connectivity index (χ1) is 16.8. The van der Waals surface area contributed by atoms with E-state index in [0.29, 0.717) is 34.8 Å². The standard InChI is InChI=1S/C27H26N4O3/c32-26(28-17-18-6-10-21(11-7-18)31-12-14-33-15-13-31)22-16-23(19-8-9-19)29-27-24(22)25(30-34-27)20-4-2-1-3-5-20/h1-7,10-11,16,19H,8-9,12-15,17H2,(H,28,32). The zero-order valence-corrected chi connectivity index (χ0v) is 18.9. The van der Waals surface area contributed by atoms with Gasteiger partial charge < -0.3 is 19.5 Å². The van der Waals surface area contributed by atoms with Crippen molar-refractivity contribution >= 4 is 22.7 Å². The van der Waals surface area contributed by atoms with E-state index in [4.69, 9.17) is 9.26 Å². The molecule has 0 radical (unpaired) electrons. The highest BCUT2D eigenvalue weighted by Crippen LogP contribution is 2.41. The number of pyridine rings is 1. The summed E-state index contributed by atoms with van der Waals surface area (Å²) in [6.45, 7) is 3.76. The van der Waals surface area contributed by atoms with Gasteiger partial charge in [0.25, 0.3) is 11.6 Å². The van der Waals surface area contributed by atoms with Crippen molar-refractivity contribution in [3.8, 4) is 11.3 Å². The molecule has 172 valence electrons. The van der Waals surface area contributed by atoms with Crippen molar-refractivity contribution in [2.45, 2.75) is 25.3 Å². The Hall–Kier alpha value is -3.71. The second-order valence-corrected chi connectivity index (χ2v) is 8.89. The van der Waals surface area contributed by atoms with Crippen LogP contribution >= 0.6 is 0 Å². The van der Waals surface area contributed by atoms with Crippen LogP contribution in [0.3, 0.4) is 0 Å². The van der Waals surface area contributed by atoms with Gasteiger partial charge >= 0.3 is 0 Å². The number of morpholine rings is 1. The van der Waals surface area contributed by atoms with Gasteiger partial charge in [0.05, 0.1) is 24.2 Å². The largest absolute Gasteiger partial charge is 0.378 e. The number of aromatic nitrogens is 2. The lowest BCUT2D eigenvalue weighted by Gasteiger charge is -2.28. The van der Waals surface area contributed by atoms with Crippen molar-refractivity contribution in [2.24, 2.45) is 0 Å². The monoisotopic (exact) mass is 454 g/mol. The van der Waals surface area contributed by atoms with Gasteiger partial charge in [0.15, 0.2) is 0 Å². The molecule has 2 aromatic carbocycles. The number of rotatable bonds is 6. The van der Waals surface area contributed by atoms with Crippen molar-refractivity contribution in [3.63, 3.8) is 0 Å². The second-order valence-electron chi connectivity index (χ2n) is 8.89. The summed E-state index contributed by atoms with van der Waals surface area (Å²) in [6.07, 6.45) is 2.18. The molecule has 6 rings (SSSR count). The van der Waals surface area contributed by atoms with E-state index in [9.17, 15) is 4.79 Å². The number of carbonyl (C=O) groups is 1. The minimum Gasteiger partial charge on any atom is -0.378 e. The fourth-order valence-corrected chi connectivity index (χ4v) is 4.45. The van der Waals surface area contributed by atoms with Crippen LogP contribution in [0.15, 0.2) is 65.2 Å². The van der Waals surface area contributed by atoms with E-state index in [1.807, 2.05) is 36.4 Å². The zero-order chi connectivity index (χ0) is 22.9. The van der Waals surface area contributed by atoms with E-state index in [1.165, 1.54) is 5.69 Å². The maximum atomic E-state index is 13.4. The predicted molar refractivity (Wildman–Crippen MR) is 130 cm³/mol. The van der Waals surface area contributed by atoms with E-state index in [-0.39, 0.29) is 5.91 Å². The molecule has 4 aromatic rings. The number of anilines is 1. The summed E-state index contributed by atoms with van der Waals surface area (Å²) >= 11 is 0. The van der Waals surface area contributed by atoms with Crippen molar-refractivity contribution < 1.29 is 14.1 Å². The fourth-order valence-electron chi connectivity index (χ4n) is 4.45. The molecule has 1 aliphatic heterocycles. The maximum absolute atomic E-state index is 13.4. The molecule has 0 unspecified atom stereocenters. The summed E-state index contributed by atoms with van der Waals surface area (Å²) in [5.74, 6) is 0.251. The summed E-state index contributed by atoms with van der Waals surface area (Å²) in [7, 11) is 0. The van der Waals surface area contributed by atoms with Crippen LogP contribution in [0.2, 0.25) is 0 Å². The lowest BCUT2D eigenvalue weighted by atomic mass is 10.0. The van der Waals surface area contributed by atoms with Gasteiger partial charge in [-0.3, -0.25) is 4.79 Å². The van der Waals surface area contributed by atoms with Crippen LogP contribution < -0.4 is 10.2 Å². The summed E-state index contributed by atoms with van der Waals surface area (Å²) in [4.78, 5) is 20.4. The molecule has 2 aliphatic rings. The van der Waals surface area contributed by atoms with Crippen molar-refractivity contribution in [1.29, 1.82) is 0 Å². The average Bonchev–Trinajstić information content (AvgIpc) is 3.67. The van der Waals surface area contributed by atoms with Crippen molar-refractivity contribution in [2.75, 3.05) is 31.2 Å². The predicted octanol–water partition coefficient (Wildman–Crippen LogP) is 4.53. The summed E-state index contributed by atoms with van der Waals surface area (Å²) in [5.41, 5.74) is 5.66. The molecule has 2 aromatic heterocycles. The molecule has 7 heteroatoms. The van der Waals surface area contributed by atoms with E-state index in [2.05, 4.69) is 44.6 Å². The van der Waals surface area contributed by atoms with Crippen LogP contribution in [0.1, 0.15) is 40.4 Å². The minimum atomic E-state index is -0.146. The number of nitrogens with zero attached hydrogens (tertiary/aromatic N) is 3. The van der Waals surface area contributed by atoms with Gasteiger partial charge in [0.2, 0.25) is 0 Å². The summed E-state index contributed by atoms with van der Waals surface area (Å²) in [5, 5.41) is 8.03. The third kappa shape index (κ3) is 4.15. The maximum Gasteiger partial charge on any atom is 0.259 e. The Balaban J connectivity index is 1.26. The number of nitrogens with one attached hydrogen (secondary N) is 1. The van der Waals surface area contributed by atoms with Gasteiger partial charge in [-0.2, -0.15) is 0 Å². The molecule has 1 saturated heterocycles. The van der Waals surface area contributed by atoms with Crippen LogP contribution in [0.5, 0.6) is 0 Å². The molecule has 0 spiro atoms. The van der Waals surface area contributed by atoms with Crippen LogP contribution in [0, 0.1) is 0 Å². The van der Waals surface area contributed by atoms with Gasteiger partial charge in [-0.05, 0) is 36.6 Å². The zero-order valence-electron chi connectivity index (χ0n) is 18.9. The van der Waals surface area contributed by atoms with Gasteiger partial charge in [0.1, 0.15) is 5.69 Å². The number of ether oxygens (including phenoxy) is 1. The Kier molecular flexibility index (Phi) is 5.47. The topological polar surface area (TPSA) is 80.5 Å². The molecular formula is C27H26N4O3. The Morgan fingerprint density at radius 3 is 2.53 bits per heavy atom. The van der Waals surface area contributed by atoms with Crippen molar-refractivity contribution in [1.82, 2.24) is 15.5 Å². The SMILES string of the molecule is O=C(NCc1ccc(N2CCOCC2)cc1)c1cc(C2CC2)nc2onc(-c3ccccc3)c12. The number of hydrogen-bond donors (Lipinski definition) is 1. The van der Waals surface area contributed by atoms with Gasteiger partial charge in [-0.25, -0.2) is 4.98 Å². The van der Waals surface area contributed by atoms with E-state index in [1.54, 1.807) is 0 Å². The molecule has 1 N–H and O–H groups in total. The van der Waals surface area contributed by atoms with Crippen LogP contribution in [-0.4, -0.2) is 42.4 Å². The third-order valence-corrected chi connectivity index (χ3v) is 6.52. The lowest BCUT2D eigenvalue weighted by molar-refractivity contribution is 0.0952. The Morgan fingerprint density at radius 2 is 1.79 bits per heavy atom. The highest BCUT2D eigenvalue weighted by molar-refractivity contribution is 6.09. The van der Waals surface area contributed by atoms with Crippen LogP contribution in [0.4, 0.5) is 5.69 Å². The minimum absolute atomic E-state index is 0.146. The number of hydrogen-bond acceptors (Lipinski definition) is 6. The highest BCUT2D eigenvalue weighted by Gasteiger charge is 2.29. The highest BCUT2D eigenvalue weighted by atomic mass is 16.5. The molecule has 1 saturated carbocycles. The average molecular weight is 455 g/mol. The van der Waals surface area contributed by atoms with Gasteiger partial charge in [-0.1, -0.05) is 47.6 Å². The molecule has 0 atom stereocenters. The first-order valence-corrected chi connectivity index (χ1v) is 11.8. The number of fused-ring (bicyclic) bond motifs is 1. The van der Waals surface area contributed by atoms with E-state index >= 15 is 0 Å². The molecule has 0 bridgehead atoms. The molecule has 7 nitrogen and oxygen atoms in total. The fraction of sp³-hybridized carbons (Fsp3) is 0.296. The first kappa shape index (κ1) is 20.9. The normalized spacial score (nSPS) is 16.1. The van der Waals surface area contributed by atoms with Crippen molar-refractivity contribution in [3.05, 3.63) is 77.5 Å². The molecule has 34 heavy (non-hydrogen) atoms. The van der Waals surface area contributed by atoms with Gasteiger partial charge in [0, 0.05) is 42.5 Å². The Bertz CT molecular complexity index is 1310. The molecule has 1 amide bonds. The number of amides is 1. The Morgan fingerprint density at radius 1 is 1.03 bits per heavy atom. The number of benzene rings is 2. The van der Waals surface area contributed by atoms with E-state index in [0.717, 1.165) is 56.0 Å². The van der Waals surface area contributed by atoms with E-state index < -0.39 is 0 Å². The molecule has 3 heterocycles. The first-order valence-electron chi connectivity index (χ1n) is 11.8. The molecule has 1 aliphatic carbocycles. The smallest absolute Gasteiger partial charge is 0.259 e. The quantitative estimate of drug-likeness (QED) is 0.461.